The molecule has 1 N–H and O–H groups in total. The van der Waals surface area contributed by atoms with Crippen LogP contribution in [0.1, 0.15) is 24.0 Å². The van der Waals surface area contributed by atoms with E-state index in [1.807, 2.05) is 13.1 Å². The summed E-state index contributed by atoms with van der Waals surface area (Å²) in [4.78, 5) is 0.305. The molecule has 0 aliphatic carbocycles. The van der Waals surface area contributed by atoms with Gasteiger partial charge < -0.3 is 5.32 Å². The van der Waals surface area contributed by atoms with Crippen LogP contribution in [-0.4, -0.2) is 38.9 Å². The topological polar surface area (TPSA) is 73.2 Å². The molecule has 0 aromatic heterocycles. The Bertz CT molecular complexity index is 632. The Balaban J connectivity index is 0.00000220. The monoisotopic (exact) mass is 329 g/mol. The van der Waals surface area contributed by atoms with Crippen LogP contribution in [0.2, 0.25) is 0 Å². The van der Waals surface area contributed by atoms with Gasteiger partial charge in [0, 0.05) is 19.1 Å². The zero-order chi connectivity index (χ0) is 14.8. The number of nitrogens with zero attached hydrogens (tertiary/aromatic N) is 2. The molecule has 0 bridgehead atoms. The Hall–Kier alpha value is -1.13. The number of hydrogen-bond acceptors (Lipinski definition) is 4. The lowest BCUT2D eigenvalue weighted by Crippen LogP contribution is -2.44. The molecule has 1 aromatic rings. The van der Waals surface area contributed by atoms with E-state index < -0.39 is 10.0 Å². The highest BCUT2D eigenvalue weighted by Gasteiger charge is 2.29. The third kappa shape index (κ3) is 3.74. The predicted molar refractivity (Wildman–Crippen MR) is 84.0 cm³/mol. The van der Waals surface area contributed by atoms with Crippen molar-refractivity contribution in [2.45, 2.75) is 30.7 Å². The molecule has 116 valence electrons. The minimum absolute atomic E-state index is 0. The first-order valence-corrected chi connectivity index (χ1v) is 8.11. The summed E-state index contributed by atoms with van der Waals surface area (Å²) in [5, 5.41) is 12.0. The maximum atomic E-state index is 12.6. The van der Waals surface area contributed by atoms with Crippen molar-refractivity contribution in [1.82, 2.24) is 9.62 Å². The van der Waals surface area contributed by atoms with Crippen molar-refractivity contribution in [3.05, 3.63) is 29.3 Å². The molecule has 1 aromatic carbocycles. The van der Waals surface area contributed by atoms with Crippen molar-refractivity contribution in [3.63, 3.8) is 0 Å². The molecule has 0 spiro atoms. The Morgan fingerprint density at radius 2 is 1.95 bits per heavy atom. The third-order valence-corrected chi connectivity index (χ3v) is 5.84. The Morgan fingerprint density at radius 1 is 1.33 bits per heavy atom. The summed E-state index contributed by atoms with van der Waals surface area (Å²) in [7, 11) is -1.55. The summed E-state index contributed by atoms with van der Waals surface area (Å²) in [5.41, 5.74) is 1.11. The lowest BCUT2D eigenvalue weighted by molar-refractivity contribution is 0.298. The first-order chi connectivity index (χ1) is 9.48. The van der Waals surface area contributed by atoms with Crippen LogP contribution in [0.15, 0.2) is 23.1 Å². The average Bonchev–Trinajstić information content (AvgIpc) is 2.46. The van der Waals surface area contributed by atoms with E-state index in [0.29, 0.717) is 35.2 Å². The molecular weight excluding hydrogens is 310 g/mol. The molecule has 1 fully saturated rings. The highest BCUT2D eigenvalue weighted by atomic mass is 35.5. The summed E-state index contributed by atoms with van der Waals surface area (Å²) in [6.07, 6.45) is 1.65. The summed E-state index contributed by atoms with van der Waals surface area (Å²) in [6, 6.07) is 7.12. The van der Waals surface area contributed by atoms with Crippen molar-refractivity contribution in [1.29, 1.82) is 5.26 Å². The predicted octanol–water partition coefficient (Wildman–Crippen LogP) is 1.66. The summed E-state index contributed by atoms with van der Waals surface area (Å²) >= 11 is 0. The van der Waals surface area contributed by atoms with Crippen LogP contribution in [-0.2, 0) is 10.0 Å². The summed E-state index contributed by atoms with van der Waals surface area (Å²) in [6.45, 7) is 2.80. The molecule has 21 heavy (non-hydrogen) atoms. The second kappa shape index (κ2) is 7.23. The fourth-order valence-electron chi connectivity index (χ4n) is 2.53. The van der Waals surface area contributed by atoms with E-state index >= 15 is 0 Å². The minimum Gasteiger partial charge on any atom is -0.317 e. The highest BCUT2D eigenvalue weighted by Crippen LogP contribution is 2.24. The number of aryl methyl sites for hydroxylation is 1. The summed E-state index contributed by atoms with van der Waals surface area (Å²) in [5.74, 6) is 0. The van der Waals surface area contributed by atoms with Gasteiger partial charge in [-0.05, 0) is 50.6 Å². The zero-order valence-electron chi connectivity index (χ0n) is 12.2. The van der Waals surface area contributed by atoms with Crippen LogP contribution in [0, 0.1) is 18.3 Å². The Morgan fingerprint density at radius 3 is 2.43 bits per heavy atom. The lowest BCUT2D eigenvalue weighted by Gasteiger charge is -2.31. The first kappa shape index (κ1) is 17.9. The van der Waals surface area contributed by atoms with Gasteiger partial charge in [-0.1, -0.05) is 0 Å². The van der Waals surface area contributed by atoms with E-state index in [4.69, 9.17) is 5.26 Å². The minimum atomic E-state index is -3.45. The third-order valence-electron chi connectivity index (χ3n) is 3.78. The fraction of sp³-hybridized carbons (Fsp3) is 0.500. The van der Waals surface area contributed by atoms with E-state index in [-0.39, 0.29) is 12.4 Å². The van der Waals surface area contributed by atoms with Gasteiger partial charge in [-0.15, -0.1) is 12.4 Å². The fourth-order valence-corrected chi connectivity index (χ4v) is 4.21. The molecule has 1 heterocycles. The number of benzene rings is 1. The van der Waals surface area contributed by atoms with Crippen molar-refractivity contribution >= 4 is 22.4 Å². The lowest BCUT2D eigenvalue weighted by atomic mass is 10.1. The standard InChI is InChI=1S/C14H19N3O2S.ClH/c1-11-9-12(10-15)3-4-14(11)20(18,19)17-7-5-13(16-2)6-8-17;/h3-4,9,13,16H,5-8H2,1-2H3;1H. The molecule has 0 radical (unpaired) electrons. The van der Waals surface area contributed by atoms with Gasteiger partial charge in [-0.3, -0.25) is 0 Å². The first-order valence-electron chi connectivity index (χ1n) is 6.67. The maximum absolute atomic E-state index is 12.6. The van der Waals surface area contributed by atoms with Gasteiger partial charge >= 0.3 is 0 Å². The Kier molecular flexibility index (Phi) is 6.17. The molecule has 0 unspecified atom stereocenters. The van der Waals surface area contributed by atoms with Gasteiger partial charge in [-0.2, -0.15) is 9.57 Å². The van der Waals surface area contributed by atoms with Crippen molar-refractivity contribution in [2.24, 2.45) is 0 Å². The molecule has 7 heteroatoms. The highest BCUT2D eigenvalue weighted by molar-refractivity contribution is 7.89. The largest absolute Gasteiger partial charge is 0.317 e. The van der Waals surface area contributed by atoms with Crippen LogP contribution in [0.5, 0.6) is 0 Å². The van der Waals surface area contributed by atoms with Gasteiger partial charge in [0.15, 0.2) is 0 Å². The SMILES string of the molecule is CNC1CCN(S(=O)(=O)c2ccc(C#N)cc2C)CC1.Cl. The van der Waals surface area contributed by atoms with E-state index in [0.717, 1.165) is 12.8 Å². The number of rotatable bonds is 3. The van der Waals surface area contributed by atoms with Crippen LogP contribution in [0.25, 0.3) is 0 Å². The van der Waals surface area contributed by atoms with Gasteiger partial charge in [0.2, 0.25) is 10.0 Å². The number of nitriles is 1. The molecule has 0 amide bonds. The average molecular weight is 330 g/mol. The van der Waals surface area contributed by atoms with E-state index in [1.54, 1.807) is 19.1 Å². The number of piperidine rings is 1. The second-order valence-corrected chi connectivity index (χ2v) is 6.97. The molecule has 1 aliphatic rings. The number of halogens is 1. The summed E-state index contributed by atoms with van der Waals surface area (Å²) < 4.78 is 26.8. The van der Waals surface area contributed by atoms with Crippen LogP contribution < -0.4 is 5.32 Å². The van der Waals surface area contributed by atoms with Crippen LogP contribution >= 0.6 is 12.4 Å². The Labute approximate surface area is 132 Å². The number of sulfonamides is 1. The number of hydrogen-bond donors (Lipinski definition) is 1. The van der Waals surface area contributed by atoms with Gasteiger partial charge in [-0.25, -0.2) is 8.42 Å². The van der Waals surface area contributed by atoms with Gasteiger partial charge in [0.05, 0.1) is 16.5 Å². The molecule has 5 nitrogen and oxygen atoms in total. The molecule has 2 rings (SSSR count). The van der Waals surface area contributed by atoms with Crippen molar-refractivity contribution in [3.8, 4) is 6.07 Å². The maximum Gasteiger partial charge on any atom is 0.243 e. The van der Waals surface area contributed by atoms with Crippen molar-refractivity contribution in [2.75, 3.05) is 20.1 Å². The normalized spacial score (nSPS) is 17.0. The zero-order valence-corrected chi connectivity index (χ0v) is 13.8. The van der Waals surface area contributed by atoms with E-state index in [1.165, 1.54) is 10.4 Å². The van der Waals surface area contributed by atoms with Gasteiger partial charge in [0.1, 0.15) is 0 Å². The molecule has 1 saturated heterocycles. The van der Waals surface area contributed by atoms with Crippen LogP contribution in [0.3, 0.4) is 0 Å². The van der Waals surface area contributed by atoms with Crippen molar-refractivity contribution < 1.29 is 8.42 Å². The van der Waals surface area contributed by atoms with Gasteiger partial charge in [0.25, 0.3) is 0 Å². The molecular formula is C14H20ClN3O2S. The quantitative estimate of drug-likeness (QED) is 0.915. The van der Waals surface area contributed by atoms with E-state index in [2.05, 4.69) is 5.32 Å². The molecule has 1 aliphatic heterocycles. The van der Waals surface area contributed by atoms with E-state index in [9.17, 15) is 8.42 Å². The van der Waals surface area contributed by atoms with Crippen LogP contribution in [0.4, 0.5) is 0 Å². The number of nitrogens with one attached hydrogen (secondary N) is 1. The smallest absolute Gasteiger partial charge is 0.243 e. The second-order valence-electron chi connectivity index (χ2n) is 5.06. The molecule has 0 atom stereocenters. The molecule has 0 saturated carbocycles.